The molecule has 0 unspecified atom stereocenters. The van der Waals surface area contributed by atoms with Gasteiger partial charge in [0.25, 0.3) is 0 Å². The molecule has 0 spiro atoms. The third-order valence-electron chi connectivity index (χ3n) is 3.40. The van der Waals surface area contributed by atoms with Crippen molar-refractivity contribution in [3.05, 3.63) is 0 Å². The zero-order valence-electron chi connectivity index (χ0n) is 11.8. The summed E-state index contributed by atoms with van der Waals surface area (Å²) in [6.07, 6.45) is 2.59. The Morgan fingerprint density at radius 2 is 1.82 bits per heavy atom. The maximum atomic E-state index is 12.1. The number of nitrogens with two attached hydrogens (primary N) is 1. The van der Waals surface area contributed by atoms with Crippen LogP contribution in [0.5, 0.6) is 0 Å². The normalized spacial score (nSPS) is 16.8. The molecule has 1 amide bonds. The highest BCUT2D eigenvalue weighted by Crippen LogP contribution is 2.22. The van der Waals surface area contributed by atoms with E-state index in [-0.39, 0.29) is 11.8 Å². The molecule has 0 rings (SSSR count). The molecule has 0 aliphatic rings. The van der Waals surface area contributed by atoms with Crippen LogP contribution in [0.4, 0.5) is 0 Å². The van der Waals surface area contributed by atoms with Crippen LogP contribution >= 0.6 is 0 Å². The van der Waals surface area contributed by atoms with Crippen LogP contribution in [0.15, 0.2) is 0 Å². The van der Waals surface area contributed by atoms with Crippen LogP contribution < -0.4 is 5.73 Å². The van der Waals surface area contributed by atoms with E-state index in [2.05, 4.69) is 0 Å². The number of carbonyl (C=O) groups is 1. The van der Waals surface area contributed by atoms with Gasteiger partial charge in [0.2, 0.25) is 12.2 Å². The molecule has 4 heteroatoms. The molecule has 0 aromatic rings. The number of amides is 1. The SMILES string of the molecule is CC(C)C[C@H](N)C(=O)N(C)[C@](C)([C]=O)C(C)C. The van der Waals surface area contributed by atoms with Gasteiger partial charge >= 0.3 is 0 Å². The van der Waals surface area contributed by atoms with Gasteiger partial charge in [-0.15, -0.1) is 0 Å². The van der Waals surface area contributed by atoms with Gasteiger partial charge in [-0.25, -0.2) is 0 Å². The van der Waals surface area contributed by atoms with E-state index in [0.29, 0.717) is 12.3 Å². The first-order valence-corrected chi connectivity index (χ1v) is 6.09. The van der Waals surface area contributed by atoms with Gasteiger partial charge in [-0.3, -0.25) is 9.59 Å². The summed E-state index contributed by atoms with van der Waals surface area (Å²) in [7, 11) is 1.62. The summed E-state index contributed by atoms with van der Waals surface area (Å²) in [5.74, 6) is 0.159. The van der Waals surface area contributed by atoms with Gasteiger partial charge in [-0.05, 0) is 25.2 Å². The third-order valence-corrected chi connectivity index (χ3v) is 3.40. The van der Waals surface area contributed by atoms with Crippen LogP contribution in [0.3, 0.4) is 0 Å². The fourth-order valence-corrected chi connectivity index (χ4v) is 1.66. The molecular formula is C13H25N2O2. The van der Waals surface area contributed by atoms with E-state index in [4.69, 9.17) is 5.73 Å². The Labute approximate surface area is 105 Å². The van der Waals surface area contributed by atoms with Crippen molar-refractivity contribution in [2.24, 2.45) is 17.6 Å². The Bertz CT molecular complexity index is 277. The quantitative estimate of drug-likeness (QED) is 0.763. The topological polar surface area (TPSA) is 63.4 Å². The van der Waals surface area contributed by atoms with E-state index in [9.17, 15) is 9.59 Å². The average Bonchev–Trinajstić information content (AvgIpc) is 2.24. The van der Waals surface area contributed by atoms with E-state index in [1.807, 2.05) is 34.0 Å². The summed E-state index contributed by atoms with van der Waals surface area (Å²) >= 11 is 0. The Hall–Kier alpha value is -0.900. The van der Waals surface area contributed by atoms with Crippen LogP contribution in [0, 0.1) is 11.8 Å². The molecule has 0 aromatic carbocycles. The lowest BCUT2D eigenvalue weighted by atomic mass is 9.87. The van der Waals surface area contributed by atoms with Gasteiger partial charge < -0.3 is 10.6 Å². The van der Waals surface area contributed by atoms with Crippen LogP contribution in [-0.4, -0.2) is 35.7 Å². The van der Waals surface area contributed by atoms with Gasteiger partial charge in [0, 0.05) is 7.05 Å². The van der Waals surface area contributed by atoms with E-state index in [0.717, 1.165) is 0 Å². The number of carbonyl (C=O) groups excluding carboxylic acids is 2. The molecule has 0 saturated carbocycles. The molecular weight excluding hydrogens is 216 g/mol. The molecule has 2 N–H and O–H groups in total. The average molecular weight is 241 g/mol. The monoisotopic (exact) mass is 241 g/mol. The first-order valence-electron chi connectivity index (χ1n) is 6.09. The van der Waals surface area contributed by atoms with Gasteiger partial charge in [0.1, 0.15) is 5.54 Å². The highest BCUT2D eigenvalue weighted by Gasteiger charge is 2.38. The van der Waals surface area contributed by atoms with Crippen molar-refractivity contribution in [3.8, 4) is 0 Å². The standard InChI is InChI=1S/C13H25N2O2/c1-9(2)7-11(14)12(17)15(6)13(5,8-16)10(3)4/h9-11H,7,14H2,1-6H3/t11-,13+/m0/s1. The summed E-state index contributed by atoms with van der Waals surface area (Å²) in [4.78, 5) is 24.6. The molecule has 0 saturated heterocycles. The minimum absolute atomic E-state index is 0.000185. The number of nitrogens with zero attached hydrogens (tertiary/aromatic N) is 1. The second-order valence-corrected chi connectivity index (χ2v) is 5.54. The Morgan fingerprint density at radius 1 is 1.35 bits per heavy atom. The first-order chi connectivity index (χ1) is 7.66. The fraction of sp³-hybridized carbons (Fsp3) is 0.846. The molecule has 4 nitrogen and oxygen atoms in total. The molecule has 0 fully saturated rings. The predicted octanol–water partition coefficient (Wildman–Crippen LogP) is 1.34. The van der Waals surface area contributed by atoms with Gasteiger partial charge in [-0.2, -0.15) is 0 Å². The molecule has 0 aliphatic carbocycles. The van der Waals surface area contributed by atoms with Crippen LogP contribution in [0.1, 0.15) is 41.0 Å². The van der Waals surface area contributed by atoms with E-state index >= 15 is 0 Å². The maximum Gasteiger partial charge on any atom is 0.240 e. The van der Waals surface area contributed by atoms with E-state index in [1.54, 1.807) is 14.0 Å². The maximum absolute atomic E-state index is 12.1. The van der Waals surface area contributed by atoms with Crippen molar-refractivity contribution in [1.29, 1.82) is 0 Å². The molecule has 99 valence electrons. The van der Waals surface area contributed by atoms with E-state index < -0.39 is 11.6 Å². The van der Waals surface area contributed by atoms with Crippen molar-refractivity contribution in [1.82, 2.24) is 4.90 Å². The summed E-state index contributed by atoms with van der Waals surface area (Å²) in [6.45, 7) is 9.53. The Kier molecular flexibility index (Phi) is 5.82. The second kappa shape index (κ2) is 6.15. The summed E-state index contributed by atoms with van der Waals surface area (Å²) in [5, 5.41) is 0. The van der Waals surface area contributed by atoms with Crippen LogP contribution in [0.2, 0.25) is 0 Å². The zero-order chi connectivity index (χ0) is 13.8. The smallest absolute Gasteiger partial charge is 0.240 e. The van der Waals surface area contributed by atoms with E-state index in [1.165, 1.54) is 4.90 Å². The van der Waals surface area contributed by atoms with Crippen molar-refractivity contribution in [2.45, 2.75) is 52.6 Å². The lowest BCUT2D eigenvalue weighted by molar-refractivity contribution is -0.136. The van der Waals surface area contributed by atoms with Crippen molar-refractivity contribution in [3.63, 3.8) is 0 Å². The highest BCUT2D eigenvalue weighted by molar-refractivity contribution is 5.85. The summed E-state index contributed by atoms with van der Waals surface area (Å²) in [5.41, 5.74) is 4.94. The third kappa shape index (κ3) is 3.80. The van der Waals surface area contributed by atoms with Crippen molar-refractivity contribution in [2.75, 3.05) is 7.05 Å². The fourth-order valence-electron chi connectivity index (χ4n) is 1.66. The molecule has 0 aliphatic heterocycles. The Morgan fingerprint density at radius 3 is 2.12 bits per heavy atom. The number of likely N-dealkylation sites (N-methyl/N-ethyl adjacent to an activating group) is 1. The molecule has 0 heterocycles. The summed E-state index contributed by atoms with van der Waals surface area (Å²) in [6, 6.07) is -0.550. The largest absolute Gasteiger partial charge is 0.331 e. The minimum atomic E-state index is -0.911. The van der Waals surface area contributed by atoms with Gasteiger partial charge in [0.15, 0.2) is 0 Å². The number of hydrogen-bond donors (Lipinski definition) is 1. The Balaban J connectivity index is 4.85. The molecule has 1 radical (unpaired) electrons. The lowest BCUT2D eigenvalue weighted by Gasteiger charge is -2.38. The summed E-state index contributed by atoms with van der Waals surface area (Å²) < 4.78 is 0. The molecule has 17 heavy (non-hydrogen) atoms. The van der Waals surface area contributed by atoms with Gasteiger partial charge in [-0.1, -0.05) is 27.7 Å². The van der Waals surface area contributed by atoms with Gasteiger partial charge in [0.05, 0.1) is 6.04 Å². The molecule has 0 aromatic heterocycles. The molecule has 2 atom stereocenters. The molecule has 0 bridgehead atoms. The predicted molar refractivity (Wildman–Crippen MR) is 69.1 cm³/mol. The van der Waals surface area contributed by atoms with Crippen molar-refractivity contribution < 1.29 is 9.59 Å². The zero-order valence-corrected chi connectivity index (χ0v) is 11.8. The van der Waals surface area contributed by atoms with Crippen LogP contribution in [-0.2, 0) is 9.59 Å². The van der Waals surface area contributed by atoms with Crippen LogP contribution in [0.25, 0.3) is 0 Å². The first kappa shape index (κ1) is 16.1. The second-order valence-electron chi connectivity index (χ2n) is 5.54. The van der Waals surface area contributed by atoms with Crippen molar-refractivity contribution >= 4 is 12.2 Å². The minimum Gasteiger partial charge on any atom is -0.331 e. The number of hydrogen-bond acceptors (Lipinski definition) is 3. The highest BCUT2D eigenvalue weighted by atomic mass is 16.2. The lowest BCUT2D eigenvalue weighted by Crippen LogP contribution is -2.56. The number of rotatable bonds is 6.